The SMILES string of the molecule is NCCNCCCNCCNCc1ccc(CN2CCCNCCNCCCNCC2)cc1. The summed E-state index contributed by atoms with van der Waals surface area (Å²) in [5.41, 5.74) is 8.22. The first-order valence-corrected chi connectivity index (χ1v) is 13.1. The van der Waals surface area contributed by atoms with Gasteiger partial charge in [0.1, 0.15) is 0 Å². The van der Waals surface area contributed by atoms with Gasteiger partial charge in [0.25, 0.3) is 0 Å². The van der Waals surface area contributed by atoms with Crippen molar-refractivity contribution in [2.45, 2.75) is 32.4 Å². The number of nitrogens with two attached hydrogens (primary N) is 1. The van der Waals surface area contributed by atoms with Crippen molar-refractivity contribution in [1.82, 2.24) is 36.8 Å². The Morgan fingerprint density at radius 2 is 1.30 bits per heavy atom. The van der Waals surface area contributed by atoms with Crippen molar-refractivity contribution in [2.24, 2.45) is 5.73 Å². The molecule has 1 heterocycles. The fourth-order valence-corrected chi connectivity index (χ4v) is 3.95. The van der Waals surface area contributed by atoms with E-state index in [4.69, 9.17) is 5.73 Å². The molecule has 1 aromatic carbocycles. The van der Waals surface area contributed by atoms with Gasteiger partial charge in [0.05, 0.1) is 0 Å². The summed E-state index contributed by atoms with van der Waals surface area (Å²) in [7, 11) is 0. The van der Waals surface area contributed by atoms with E-state index in [9.17, 15) is 0 Å². The zero-order chi connectivity index (χ0) is 23.2. The summed E-state index contributed by atoms with van der Waals surface area (Å²) in [5, 5.41) is 21.0. The van der Waals surface area contributed by atoms with Crippen LogP contribution < -0.4 is 37.6 Å². The molecule has 0 aromatic heterocycles. The molecule has 2 rings (SSSR count). The Balaban J connectivity index is 1.60. The second-order valence-electron chi connectivity index (χ2n) is 8.87. The Hall–Kier alpha value is -1.10. The van der Waals surface area contributed by atoms with Gasteiger partial charge in [-0.2, -0.15) is 0 Å². The highest BCUT2D eigenvalue weighted by atomic mass is 15.1. The highest BCUT2D eigenvalue weighted by Gasteiger charge is 2.07. The third-order valence-corrected chi connectivity index (χ3v) is 5.88. The van der Waals surface area contributed by atoms with Gasteiger partial charge in [0.15, 0.2) is 0 Å². The van der Waals surface area contributed by atoms with Crippen molar-refractivity contribution in [3.05, 3.63) is 35.4 Å². The lowest BCUT2D eigenvalue weighted by molar-refractivity contribution is 0.260. The summed E-state index contributed by atoms with van der Waals surface area (Å²) in [6.07, 6.45) is 3.53. The van der Waals surface area contributed by atoms with Crippen LogP contribution in [0.2, 0.25) is 0 Å². The number of hydrogen-bond acceptors (Lipinski definition) is 8. The average molecular weight is 463 g/mol. The standard InChI is InChI=1S/C25H50N8/c26-8-14-27-9-1-10-29-17-18-32-22-24-4-6-25(7-5-24)23-33-20-3-13-30-16-15-28-11-2-12-31-19-21-33/h4-7,27-32H,1-3,8-23,26H2. The molecule has 0 radical (unpaired) electrons. The molecule has 0 unspecified atom stereocenters. The lowest BCUT2D eigenvalue weighted by Gasteiger charge is -2.23. The highest BCUT2D eigenvalue weighted by molar-refractivity contribution is 5.22. The average Bonchev–Trinajstić information content (AvgIpc) is 2.83. The molecule has 1 saturated heterocycles. The van der Waals surface area contributed by atoms with Crippen LogP contribution in [0.15, 0.2) is 24.3 Å². The highest BCUT2D eigenvalue weighted by Crippen LogP contribution is 2.08. The Morgan fingerprint density at radius 3 is 2.06 bits per heavy atom. The summed E-state index contributed by atoms with van der Waals surface area (Å²) in [5.74, 6) is 0. The minimum atomic E-state index is 0.712. The summed E-state index contributed by atoms with van der Waals surface area (Å²) in [4.78, 5) is 2.59. The van der Waals surface area contributed by atoms with Gasteiger partial charge in [-0.25, -0.2) is 0 Å². The summed E-state index contributed by atoms with van der Waals surface area (Å²) < 4.78 is 0. The number of benzene rings is 1. The third kappa shape index (κ3) is 15.4. The van der Waals surface area contributed by atoms with Crippen LogP contribution in [0.5, 0.6) is 0 Å². The fraction of sp³-hybridized carbons (Fsp3) is 0.760. The minimum Gasteiger partial charge on any atom is -0.329 e. The fourth-order valence-electron chi connectivity index (χ4n) is 3.95. The lowest BCUT2D eigenvalue weighted by Crippen LogP contribution is -2.36. The predicted octanol–water partition coefficient (Wildman–Crippen LogP) is -0.331. The molecule has 0 saturated carbocycles. The molecule has 0 atom stereocenters. The molecule has 0 spiro atoms. The molecule has 1 aromatic rings. The number of nitrogens with zero attached hydrogens (tertiary/aromatic N) is 1. The van der Waals surface area contributed by atoms with Gasteiger partial charge in [-0.15, -0.1) is 0 Å². The maximum absolute atomic E-state index is 5.47. The molecule has 0 bridgehead atoms. The smallest absolute Gasteiger partial charge is 0.0234 e. The van der Waals surface area contributed by atoms with Crippen LogP contribution in [0.4, 0.5) is 0 Å². The van der Waals surface area contributed by atoms with Crippen molar-refractivity contribution in [3.8, 4) is 0 Å². The van der Waals surface area contributed by atoms with Gasteiger partial charge in [-0.1, -0.05) is 24.3 Å². The molecule has 8 heteroatoms. The quantitative estimate of drug-likeness (QED) is 0.200. The van der Waals surface area contributed by atoms with Gasteiger partial charge in [0, 0.05) is 65.4 Å². The number of nitrogens with one attached hydrogen (secondary N) is 6. The monoisotopic (exact) mass is 462 g/mol. The molecule has 8 N–H and O–H groups in total. The van der Waals surface area contributed by atoms with Gasteiger partial charge >= 0.3 is 0 Å². The Kier molecular flexibility index (Phi) is 17.3. The van der Waals surface area contributed by atoms with E-state index in [2.05, 4.69) is 61.1 Å². The third-order valence-electron chi connectivity index (χ3n) is 5.88. The number of hydrogen-bond donors (Lipinski definition) is 7. The van der Waals surface area contributed by atoms with E-state index in [0.717, 1.165) is 105 Å². The molecule has 1 aliphatic rings. The maximum atomic E-state index is 5.47. The van der Waals surface area contributed by atoms with E-state index in [1.807, 2.05) is 0 Å². The van der Waals surface area contributed by atoms with Crippen molar-refractivity contribution in [3.63, 3.8) is 0 Å². The van der Waals surface area contributed by atoms with Crippen LogP contribution in [-0.2, 0) is 13.1 Å². The normalized spacial score (nSPS) is 17.6. The van der Waals surface area contributed by atoms with Crippen LogP contribution in [-0.4, -0.2) is 96.5 Å². The molecule has 33 heavy (non-hydrogen) atoms. The molecule has 0 amide bonds. The van der Waals surface area contributed by atoms with Crippen LogP contribution in [0.1, 0.15) is 30.4 Å². The van der Waals surface area contributed by atoms with Crippen molar-refractivity contribution in [2.75, 3.05) is 91.6 Å². The van der Waals surface area contributed by atoms with E-state index < -0.39 is 0 Å². The lowest BCUT2D eigenvalue weighted by atomic mass is 10.1. The molecular weight excluding hydrogens is 412 g/mol. The maximum Gasteiger partial charge on any atom is 0.0234 e. The first-order chi connectivity index (χ1) is 16.4. The largest absolute Gasteiger partial charge is 0.329 e. The van der Waals surface area contributed by atoms with Crippen LogP contribution in [0.25, 0.3) is 0 Å². The van der Waals surface area contributed by atoms with E-state index >= 15 is 0 Å². The van der Waals surface area contributed by atoms with Crippen LogP contribution in [0, 0.1) is 0 Å². The van der Waals surface area contributed by atoms with Crippen LogP contribution >= 0.6 is 0 Å². The van der Waals surface area contributed by atoms with E-state index in [1.165, 1.54) is 24.0 Å². The van der Waals surface area contributed by atoms with Crippen LogP contribution in [0.3, 0.4) is 0 Å². The Labute approximate surface area is 202 Å². The van der Waals surface area contributed by atoms with E-state index in [-0.39, 0.29) is 0 Å². The Bertz CT molecular complexity index is 540. The topological polar surface area (TPSA) is 101 Å². The summed E-state index contributed by atoms with van der Waals surface area (Å²) in [6.45, 7) is 16.4. The van der Waals surface area contributed by atoms with Crippen molar-refractivity contribution in [1.29, 1.82) is 0 Å². The van der Waals surface area contributed by atoms with Gasteiger partial charge < -0.3 is 37.6 Å². The van der Waals surface area contributed by atoms with E-state index in [0.29, 0.717) is 6.54 Å². The van der Waals surface area contributed by atoms with Crippen molar-refractivity contribution >= 4 is 0 Å². The Morgan fingerprint density at radius 1 is 0.667 bits per heavy atom. The second kappa shape index (κ2) is 20.3. The first kappa shape index (κ1) is 28.1. The van der Waals surface area contributed by atoms with Gasteiger partial charge in [-0.3, -0.25) is 4.90 Å². The molecule has 0 aliphatic carbocycles. The summed E-state index contributed by atoms with van der Waals surface area (Å²) >= 11 is 0. The zero-order valence-corrected chi connectivity index (χ0v) is 20.8. The van der Waals surface area contributed by atoms with Crippen molar-refractivity contribution < 1.29 is 0 Å². The zero-order valence-electron chi connectivity index (χ0n) is 20.8. The second-order valence-corrected chi connectivity index (χ2v) is 8.87. The molecule has 190 valence electrons. The number of rotatable bonds is 13. The molecule has 1 fully saturated rings. The first-order valence-electron chi connectivity index (χ1n) is 13.1. The van der Waals surface area contributed by atoms with Gasteiger partial charge in [0.2, 0.25) is 0 Å². The summed E-state index contributed by atoms with van der Waals surface area (Å²) in [6, 6.07) is 9.14. The molecule has 8 nitrogen and oxygen atoms in total. The van der Waals surface area contributed by atoms with Gasteiger partial charge in [-0.05, 0) is 69.7 Å². The predicted molar refractivity (Wildman–Crippen MR) is 141 cm³/mol. The minimum absolute atomic E-state index is 0.712. The van der Waals surface area contributed by atoms with E-state index in [1.54, 1.807) is 0 Å². The molecule has 1 aliphatic heterocycles. The molecular formula is C25H50N8.